The Bertz CT molecular complexity index is 396. The normalized spacial score (nSPS) is 10.2. The smallest absolute Gasteiger partial charge is 0.305 e. The average Bonchev–Trinajstić information content (AvgIpc) is 2.33. The van der Waals surface area contributed by atoms with Crippen molar-refractivity contribution in [2.24, 2.45) is 0 Å². The van der Waals surface area contributed by atoms with Crippen LogP contribution in [-0.2, 0) is 9.53 Å². The van der Waals surface area contributed by atoms with E-state index < -0.39 is 5.82 Å². The molecule has 18 heavy (non-hydrogen) atoms. The van der Waals surface area contributed by atoms with Crippen LogP contribution >= 0.6 is 11.6 Å². The van der Waals surface area contributed by atoms with Gasteiger partial charge in [-0.25, -0.2) is 4.39 Å². The first-order chi connectivity index (χ1) is 8.63. The maximum Gasteiger partial charge on any atom is 0.305 e. The lowest BCUT2D eigenvalue weighted by Gasteiger charge is -2.06. The molecule has 0 radical (unpaired) electrons. The summed E-state index contributed by atoms with van der Waals surface area (Å²) in [4.78, 5) is 11.0. The summed E-state index contributed by atoms with van der Waals surface area (Å²) >= 11 is 5.61. The predicted molar refractivity (Wildman–Crippen MR) is 67.4 cm³/mol. The number of hydrogen-bond acceptors (Lipinski definition) is 3. The second-order valence-corrected chi connectivity index (χ2v) is 4.09. The zero-order chi connectivity index (χ0) is 13.4. The Labute approximate surface area is 111 Å². The maximum atomic E-state index is 12.9. The highest BCUT2D eigenvalue weighted by Crippen LogP contribution is 2.21. The van der Waals surface area contributed by atoms with Crippen molar-refractivity contribution in [3.8, 4) is 5.75 Å². The van der Waals surface area contributed by atoms with Gasteiger partial charge in [0.15, 0.2) is 0 Å². The van der Waals surface area contributed by atoms with Gasteiger partial charge in [-0.15, -0.1) is 0 Å². The molecular weight excluding hydrogens is 259 g/mol. The molecule has 1 aromatic carbocycles. The first kappa shape index (κ1) is 14.8. The number of benzene rings is 1. The fourth-order valence-electron chi connectivity index (χ4n) is 1.36. The van der Waals surface area contributed by atoms with E-state index in [0.717, 1.165) is 6.42 Å². The molecule has 0 unspecified atom stereocenters. The van der Waals surface area contributed by atoms with E-state index in [1.165, 1.54) is 18.2 Å². The Morgan fingerprint density at radius 2 is 2.17 bits per heavy atom. The first-order valence-electron chi connectivity index (χ1n) is 5.87. The quantitative estimate of drug-likeness (QED) is 0.563. The van der Waals surface area contributed by atoms with Gasteiger partial charge in [0.05, 0.1) is 18.2 Å². The van der Waals surface area contributed by atoms with Crippen molar-refractivity contribution in [3.63, 3.8) is 0 Å². The number of carbonyl (C=O) groups is 1. The molecule has 0 saturated heterocycles. The van der Waals surface area contributed by atoms with Gasteiger partial charge in [-0.3, -0.25) is 4.79 Å². The highest BCUT2D eigenvalue weighted by atomic mass is 35.5. The molecule has 0 bridgehead atoms. The van der Waals surface area contributed by atoms with Crippen LogP contribution in [0.1, 0.15) is 26.2 Å². The lowest BCUT2D eigenvalue weighted by molar-refractivity contribution is -0.143. The van der Waals surface area contributed by atoms with Gasteiger partial charge < -0.3 is 9.47 Å². The summed E-state index contributed by atoms with van der Waals surface area (Å²) in [5.74, 6) is -0.133. The minimum atomic E-state index is -0.466. The van der Waals surface area contributed by atoms with E-state index in [1.54, 1.807) is 6.92 Å². The molecule has 0 aliphatic rings. The Hall–Kier alpha value is -1.29. The van der Waals surface area contributed by atoms with Crippen LogP contribution in [0.25, 0.3) is 0 Å². The third kappa shape index (κ3) is 5.36. The summed E-state index contributed by atoms with van der Waals surface area (Å²) in [6.07, 6.45) is 1.82. The average molecular weight is 275 g/mol. The molecule has 0 N–H and O–H groups in total. The minimum Gasteiger partial charge on any atom is -0.494 e. The number of unbranched alkanes of at least 4 members (excludes halogenated alkanes) is 1. The third-order valence-electron chi connectivity index (χ3n) is 2.24. The number of halogens is 2. The van der Waals surface area contributed by atoms with E-state index >= 15 is 0 Å². The van der Waals surface area contributed by atoms with Gasteiger partial charge in [0.2, 0.25) is 0 Å². The predicted octanol–water partition coefficient (Wildman–Crippen LogP) is 3.59. The van der Waals surface area contributed by atoms with Crippen molar-refractivity contribution in [1.82, 2.24) is 0 Å². The van der Waals surface area contributed by atoms with E-state index in [2.05, 4.69) is 0 Å². The largest absolute Gasteiger partial charge is 0.494 e. The topological polar surface area (TPSA) is 35.5 Å². The molecule has 1 rings (SSSR count). The standard InChI is InChI=1S/C13H16ClFO3/c1-2-17-13(16)5-3-4-8-18-10-6-7-12(15)11(14)9-10/h6-7,9H,2-5,8H2,1H3. The van der Waals surface area contributed by atoms with Crippen molar-refractivity contribution in [1.29, 1.82) is 0 Å². The number of ether oxygens (including phenoxy) is 2. The zero-order valence-corrected chi connectivity index (χ0v) is 11.0. The Balaban J connectivity index is 2.18. The molecule has 0 aliphatic heterocycles. The van der Waals surface area contributed by atoms with Crippen molar-refractivity contribution in [2.45, 2.75) is 26.2 Å². The van der Waals surface area contributed by atoms with Crippen molar-refractivity contribution >= 4 is 17.6 Å². The van der Waals surface area contributed by atoms with E-state index in [0.29, 0.717) is 31.8 Å². The minimum absolute atomic E-state index is 0.0408. The summed E-state index contributed by atoms with van der Waals surface area (Å²) in [6.45, 7) is 2.64. The highest BCUT2D eigenvalue weighted by molar-refractivity contribution is 6.30. The molecule has 1 aromatic rings. The third-order valence-corrected chi connectivity index (χ3v) is 2.53. The molecule has 0 heterocycles. The van der Waals surface area contributed by atoms with Crippen LogP contribution in [0.5, 0.6) is 5.75 Å². The van der Waals surface area contributed by atoms with Crippen LogP contribution in [0.15, 0.2) is 18.2 Å². The number of hydrogen-bond donors (Lipinski definition) is 0. The molecule has 0 spiro atoms. The molecule has 5 heteroatoms. The van der Waals surface area contributed by atoms with Crippen LogP contribution in [0, 0.1) is 5.82 Å². The van der Waals surface area contributed by atoms with E-state index in [4.69, 9.17) is 21.1 Å². The van der Waals surface area contributed by atoms with Gasteiger partial charge in [0.25, 0.3) is 0 Å². The number of esters is 1. The lowest BCUT2D eigenvalue weighted by atomic mass is 10.2. The number of rotatable bonds is 7. The van der Waals surface area contributed by atoms with E-state index in [-0.39, 0.29) is 11.0 Å². The van der Waals surface area contributed by atoms with Crippen molar-refractivity contribution in [2.75, 3.05) is 13.2 Å². The summed E-state index contributed by atoms with van der Waals surface area (Å²) in [7, 11) is 0. The van der Waals surface area contributed by atoms with Crippen LogP contribution < -0.4 is 4.74 Å². The molecule has 3 nitrogen and oxygen atoms in total. The molecule has 0 aromatic heterocycles. The number of carbonyl (C=O) groups excluding carboxylic acids is 1. The molecule has 0 aliphatic carbocycles. The Morgan fingerprint density at radius 3 is 2.83 bits per heavy atom. The van der Waals surface area contributed by atoms with Crippen LogP contribution in [0.2, 0.25) is 5.02 Å². The van der Waals surface area contributed by atoms with Gasteiger partial charge >= 0.3 is 5.97 Å². The summed E-state index contributed by atoms with van der Waals surface area (Å²) < 4.78 is 23.0. The van der Waals surface area contributed by atoms with E-state index in [1.807, 2.05) is 0 Å². The summed E-state index contributed by atoms with van der Waals surface area (Å²) in [5.41, 5.74) is 0. The second-order valence-electron chi connectivity index (χ2n) is 3.69. The fourth-order valence-corrected chi connectivity index (χ4v) is 1.53. The molecular formula is C13H16ClFO3. The molecule has 100 valence electrons. The summed E-state index contributed by atoms with van der Waals surface area (Å²) in [5, 5.41) is 0.0408. The monoisotopic (exact) mass is 274 g/mol. The van der Waals surface area contributed by atoms with Gasteiger partial charge in [-0.05, 0) is 31.9 Å². The Kier molecular flexibility index (Phi) is 6.50. The van der Waals surface area contributed by atoms with Gasteiger partial charge in [-0.2, -0.15) is 0 Å². The molecule has 0 atom stereocenters. The summed E-state index contributed by atoms with van der Waals surface area (Å²) in [6, 6.07) is 4.21. The second kappa shape index (κ2) is 7.93. The van der Waals surface area contributed by atoms with Crippen molar-refractivity contribution in [3.05, 3.63) is 29.0 Å². The van der Waals surface area contributed by atoms with Crippen LogP contribution in [-0.4, -0.2) is 19.2 Å². The molecule has 0 amide bonds. The van der Waals surface area contributed by atoms with Crippen LogP contribution in [0.4, 0.5) is 4.39 Å². The molecule has 0 saturated carbocycles. The van der Waals surface area contributed by atoms with E-state index in [9.17, 15) is 9.18 Å². The highest BCUT2D eigenvalue weighted by Gasteiger charge is 2.03. The van der Waals surface area contributed by atoms with Gasteiger partial charge in [-0.1, -0.05) is 11.6 Å². The van der Waals surface area contributed by atoms with Crippen molar-refractivity contribution < 1.29 is 18.7 Å². The van der Waals surface area contributed by atoms with Gasteiger partial charge in [0, 0.05) is 12.5 Å². The van der Waals surface area contributed by atoms with Crippen LogP contribution in [0.3, 0.4) is 0 Å². The zero-order valence-electron chi connectivity index (χ0n) is 10.2. The lowest BCUT2D eigenvalue weighted by Crippen LogP contribution is -2.05. The SMILES string of the molecule is CCOC(=O)CCCCOc1ccc(F)c(Cl)c1. The first-order valence-corrected chi connectivity index (χ1v) is 6.24. The maximum absolute atomic E-state index is 12.9. The van der Waals surface area contributed by atoms with Gasteiger partial charge in [0.1, 0.15) is 11.6 Å². The molecule has 0 fully saturated rings. The fraction of sp³-hybridized carbons (Fsp3) is 0.462. The Morgan fingerprint density at radius 1 is 1.39 bits per heavy atom.